The number of carbonyl (C=O) groups is 1. The topological polar surface area (TPSA) is 62.4 Å². The average Bonchev–Trinajstić information content (AvgIpc) is 2.37. The second kappa shape index (κ2) is 5.12. The molecule has 21 heavy (non-hydrogen) atoms. The van der Waals surface area contributed by atoms with Crippen LogP contribution in [0, 0.1) is 0 Å². The van der Waals surface area contributed by atoms with Crippen molar-refractivity contribution in [3.05, 3.63) is 40.2 Å². The van der Waals surface area contributed by atoms with E-state index in [4.69, 9.17) is 0 Å². The Kier molecular flexibility index (Phi) is 3.63. The van der Waals surface area contributed by atoms with Gasteiger partial charge in [0.25, 0.3) is 5.91 Å². The van der Waals surface area contributed by atoms with Gasteiger partial charge in [0.2, 0.25) is 5.43 Å². The lowest BCUT2D eigenvalue weighted by Crippen LogP contribution is -2.27. The van der Waals surface area contributed by atoms with E-state index in [0.29, 0.717) is 5.52 Å². The van der Waals surface area contributed by atoms with Crippen molar-refractivity contribution >= 4 is 16.8 Å². The summed E-state index contributed by atoms with van der Waals surface area (Å²) >= 11 is 0. The van der Waals surface area contributed by atoms with Crippen molar-refractivity contribution in [3.8, 4) is 5.75 Å². The summed E-state index contributed by atoms with van der Waals surface area (Å²) in [5, 5.41) is -0.0514. The number of H-pyrrole nitrogens is 1. The Morgan fingerprint density at radius 1 is 1.29 bits per heavy atom. The van der Waals surface area contributed by atoms with Crippen LogP contribution in [0.15, 0.2) is 29.2 Å². The van der Waals surface area contributed by atoms with Crippen molar-refractivity contribution in [1.29, 1.82) is 0 Å². The highest BCUT2D eigenvalue weighted by Gasteiger charge is 2.31. The molecule has 0 saturated carbocycles. The highest BCUT2D eigenvalue weighted by molar-refractivity contribution is 5.97. The van der Waals surface area contributed by atoms with E-state index in [-0.39, 0.29) is 10.9 Å². The van der Waals surface area contributed by atoms with Crippen molar-refractivity contribution in [2.45, 2.75) is 6.36 Å². The predicted octanol–water partition coefficient (Wildman–Crippen LogP) is 2.13. The lowest BCUT2D eigenvalue weighted by atomic mass is 10.1. The van der Waals surface area contributed by atoms with E-state index in [1.807, 2.05) is 0 Å². The minimum absolute atomic E-state index is 0.0514. The zero-order valence-electron chi connectivity index (χ0n) is 11.1. The predicted molar refractivity (Wildman–Crippen MR) is 69.3 cm³/mol. The van der Waals surface area contributed by atoms with E-state index in [0.717, 1.165) is 12.1 Å². The summed E-state index contributed by atoms with van der Waals surface area (Å²) in [6.07, 6.45) is -3.62. The average molecular weight is 300 g/mol. The molecule has 0 aliphatic carbocycles. The maximum absolute atomic E-state index is 12.2. The number of ether oxygens (including phenoxy) is 1. The van der Waals surface area contributed by atoms with Crippen LogP contribution < -0.4 is 10.2 Å². The van der Waals surface area contributed by atoms with E-state index in [2.05, 4.69) is 9.72 Å². The fraction of sp³-hybridized carbons (Fsp3) is 0.231. The second-order valence-corrected chi connectivity index (χ2v) is 4.49. The van der Waals surface area contributed by atoms with Crippen LogP contribution >= 0.6 is 0 Å². The van der Waals surface area contributed by atoms with Crippen LogP contribution in [0.25, 0.3) is 10.9 Å². The van der Waals surface area contributed by atoms with Crippen LogP contribution in [0.1, 0.15) is 10.4 Å². The number of hydrogen-bond acceptors (Lipinski definition) is 3. The van der Waals surface area contributed by atoms with Crippen LogP contribution in [-0.4, -0.2) is 36.2 Å². The number of aromatic amines is 1. The number of aromatic nitrogens is 1. The molecular weight excluding hydrogens is 289 g/mol. The molecule has 0 bridgehead atoms. The van der Waals surface area contributed by atoms with Gasteiger partial charge in [-0.3, -0.25) is 9.59 Å². The van der Waals surface area contributed by atoms with E-state index in [9.17, 15) is 22.8 Å². The van der Waals surface area contributed by atoms with E-state index >= 15 is 0 Å². The van der Waals surface area contributed by atoms with Gasteiger partial charge in [-0.25, -0.2) is 0 Å². The summed E-state index contributed by atoms with van der Waals surface area (Å²) in [6, 6.07) is 3.31. The third-order valence-electron chi connectivity index (χ3n) is 2.72. The van der Waals surface area contributed by atoms with Gasteiger partial charge in [0.15, 0.2) is 0 Å². The molecule has 0 aliphatic rings. The normalized spacial score (nSPS) is 11.5. The molecule has 1 amide bonds. The monoisotopic (exact) mass is 300 g/mol. The first-order valence-corrected chi connectivity index (χ1v) is 5.82. The minimum Gasteiger partial charge on any atom is -0.406 e. The largest absolute Gasteiger partial charge is 0.573 e. The molecule has 1 N–H and O–H groups in total. The minimum atomic E-state index is -4.85. The molecule has 0 atom stereocenters. The molecule has 2 aromatic rings. The van der Waals surface area contributed by atoms with Gasteiger partial charge in [0.05, 0.1) is 0 Å². The highest BCUT2D eigenvalue weighted by Crippen LogP contribution is 2.24. The smallest absolute Gasteiger partial charge is 0.406 e. The van der Waals surface area contributed by atoms with Crippen LogP contribution in [-0.2, 0) is 0 Å². The molecule has 5 nitrogen and oxygen atoms in total. The number of benzene rings is 1. The quantitative estimate of drug-likeness (QED) is 0.924. The molecule has 0 radical (unpaired) electrons. The van der Waals surface area contributed by atoms with E-state index < -0.39 is 23.4 Å². The summed E-state index contributed by atoms with van der Waals surface area (Å²) in [5.74, 6) is -1.06. The SMILES string of the molecule is CN(C)C(=O)c1c[nH]c2ccc(OC(F)(F)F)cc2c1=O. The molecule has 1 aromatic heterocycles. The lowest BCUT2D eigenvalue weighted by molar-refractivity contribution is -0.274. The summed E-state index contributed by atoms with van der Waals surface area (Å²) in [5.41, 5.74) is -0.503. The molecule has 0 unspecified atom stereocenters. The Hall–Kier alpha value is -2.51. The zero-order valence-corrected chi connectivity index (χ0v) is 11.1. The molecule has 112 valence electrons. The second-order valence-electron chi connectivity index (χ2n) is 4.49. The van der Waals surface area contributed by atoms with Crippen LogP contribution in [0.4, 0.5) is 13.2 Å². The maximum atomic E-state index is 12.2. The van der Waals surface area contributed by atoms with Crippen LogP contribution in [0.5, 0.6) is 5.75 Å². The molecule has 0 saturated heterocycles. The van der Waals surface area contributed by atoms with Gasteiger partial charge in [-0.2, -0.15) is 0 Å². The van der Waals surface area contributed by atoms with Gasteiger partial charge >= 0.3 is 6.36 Å². The van der Waals surface area contributed by atoms with Gasteiger partial charge in [0.1, 0.15) is 11.3 Å². The first kappa shape index (κ1) is 14.9. The molecule has 1 aromatic carbocycles. The van der Waals surface area contributed by atoms with Crippen molar-refractivity contribution in [2.75, 3.05) is 14.1 Å². The number of nitrogens with one attached hydrogen (secondary N) is 1. The number of rotatable bonds is 2. The molecule has 0 fully saturated rings. The Morgan fingerprint density at radius 2 is 1.95 bits per heavy atom. The standard InChI is InChI=1S/C13H11F3N2O3/c1-18(2)12(20)9-6-17-10-4-3-7(21-13(14,15)16)5-8(10)11(9)19/h3-6H,1-2H3,(H,17,19). The number of fused-ring (bicyclic) bond motifs is 1. The van der Waals surface area contributed by atoms with Gasteiger partial charge < -0.3 is 14.6 Å². The fourth-order valence-electron chi connectivity index (χ4n) is 1.79. The van der Waals surface area contributed by atoms with E-state index in [1.54, 1.807) is 0 Å². The Bertz CT molecular complexity index is 750. The lowest BCUT2D eigenvalue weighted by Gasteiger charge is -2.11. The number of alkyl halides is 3. The third kappa shape index (κ3) is 3.15. The van der Waals surface area contributed by atoms with Crippen molar-refractivity contribution in [1.82, 2.24) is 9.88 Å². The van der Waals surface area contributed by atoms with Crippen LogP contribution in [0.2, 0.25) is 0 Å². The summed E-state index contributed by atoms with van der Waals surface area (Å²) in [7, 11) is 2.93. The molecular formula is C13H11F3N2O3. The number of carbonyl (C=O) groups excluding carboxylic acids is 1. The Morgan fingerprint density at radius 3 is 2.52 bits per heavy atom. The Labute approximate surface area is 116 Å². The number of pyridine rings is 1. The number of amides is 1. The molecule has 2 rings (SSSR count). The first-order valence-electron chi connectivity index (χ1n) is 5.82. The molecule has 8 heteroatoms. The fourth-order valence-corrected chi connectivity index (χ4v) is 1.79. The highest BCUT2D eigenvalue weighted by atomic mass is 19.4. The molecule has 0 spiro atoms. The number of hydrogen-bond donors (Lipinski definition) is 1. The first-order chi connectivity index (χ1) is 9.69. The van der Waals surface area contributed by atoms with Gasteiger partial charge in [0, 0.05) is 31.2 Å². The maximum Gasteiger partial charge on any atom is 0.573 e. The molecule has 1 heterocycles. The van der Waals surface area contributed by atoms with Gasteiger partial charge in [-0.15, -0.1) is 13.2 Å². The van der Waals surface area contributed by atoms with E-state index in [1.165, 1.54) is 31.3 Å². The summed E-state index contributed by atoms with van der Waals surface area (Å²) in [4.78, 5) is 27.9. The zero-order chi connectivity index (χ0) is 15.8. The third-order valence-corrected chi connectivity index (χ3v) is 2.72. The van der Waals surface area contributed by atoms with Crippen molar-refractivity contribution in [3.63, 3.8) is 0 Å². The Balaban J connectivity index is 2.57. The van der Waals surface area contributed by atoms with Crippen LogP contribution in [0.3, 0.4) is 0 Å². The summed E-state index contributed by atoms with van der Waals surface area (Å²) in [6.45, 7) is 0. The van der Waals surface area contributed by atoms with Crippen molar-refractivity contribution in [2.24, 2.45) is 0 Å². The number of halogens is 3. The van der Waals surface area contributed by atoms with Gasteiger partial charge in [-0.05, 0) is 18.2 Å². The molecule has 0 aliphatic heterocycles. The summed E-state index contributed by atoms with van der Waals surface area (Å²) < 4.78 is 40.3. The van der Waals surface area contributed by atoms with Gasteiger partial charge in [-0.1, -0.05) is 0 Å². The van der Waals surface area contributed by atoms with Crippen molar-refractivity contribution < 1.29 is 22.7 Å². The number of nitrogens with zero attached hydrogens (tertiary/aromatic N) is 1.